The first-order valence-electron chi connectivity index (χ1n) is 8.96. The van der Waals surface area contributed by atoms with Crippen LogP contribution in [0, 0.1) is 0 Å². The summed E-state index contributed by atoms with van der Waals surface area (Å²) in [5.74, 6) is -1.24. The minimum absolute atomic E-state index is 0.296. The van der Waals surface area contributed by atoms with Gasteiger partial charge in [0.1, 0.15) is 12.4 Å². The van der Waals surface area contributed by atoms with E-state index >= 15 is 0 Å². The van der Waals surface area contributed by atoms with Crippen molar-refractivity contribution in [1.82, 2.24) is 0 Å². The lowest BCUT2D eigenvalue weighted by atomic mass is 9.97. The van der Waals surface area contributed by atoms with Gasteiger partial charge in [0.05, 0.1) is 23.9 Å². The van der Waals surface area contributed by atoms with Crippen LogP contribution in [-0.2, 0) is 16.1 Å². The van der Waals surface area contributed by atoms with E-state index in [1.165, 1.54) is 7.11 Å². The number of hydrogen-bond acceptors (Lipinski definition) is 5. The van der Waals surface area contributed by atoms with Gasteiger partial charge in [-0.05, 0) is 29.8 Å². The van der Waals surface area contributed by atoms with Crippen LogP contribution in [0.15, 0.2) is 66.7 Å². The van der Waals surface area contributed by atoms with E-state index in [1.807, 2.05) is 30.3 Å². The molecule has 0 atom stereocenters. The van der Waals surface area contributed by atoms with Crippen LogP contribution < -0.4 is 10.1 Å². The summed E-state index contributed by atoms with van der Waals surface area (Å²) < 4.78 is 10.8. The number of nitrogens with one attached hydrogen (secondary N) is 1. The molecular weight excluding hydrogens is 370 g/mol. The number of ether oxygens (including phenoxy) is 2. The van der Waals surface area contributed by atoms with Gasteiger partial charge in [-0.3, -0.25) is 9.59 Å². The van der Waals surface area contributed by atoms with Crippen LogP contribution >= 0.6 is 0 Å². The molecule has 1 aliphatic heterocycles. The lowest BCUT2D eigenvalue weighted by molar-refractivity contribution is -0.112. The third-order valence-electron chi connectivity index (χ3n) is 4.68. The Kier molecular flexibility index (Phi) is 4.83. The Morgan fingerprint density at radius 3 is 2.41 bits per heavy atom. The number of anilines is 1. The first-order valence-corrected chi connectivity index (χ1v) is 8.96. The van der Waals surface area contributed by atoms with Gasteiger partial charge in [-0.2, -0.15) is 0 Å². The third-order valence-corrected chi connectivity index (χ3v) is 4.68. The zero-order valence-electron chi connectivity index (χ0n) is 15.6. The molecule has 4 rings (SSSR count). The fourth-order valence-electron chi connectivity index (χ4n) is 3.24. The predicted molar refractivity (Wildman–Crippen MR) is 107 cm³/mol. The Labute approximate surface area is 167 Å². The molecule has 29 heavy (non-hydrogen) atoms. The number of esters is 1. The van der Waals surface area contributed by atoms with Crippen molar-refractivity contribution in [1.29, 1.82) is 0 Å². The van der Waals surface area contributed by atoms with E-state index in [9.17, 15) is 14.4 Å². The van der Waals surface area contributed by atoms with E-state index in [0.29, 0.717) is 40.3 Å². The van der Waals surface area contributed by atoms with Crippen molar-refractivity contribution in [2.75, 3.05) is 12.4 Å². The number of Topliss-reactive ketones (excluding diaryl/α,β-unsaturated/α-hetero) is 1. The number of fused-ring (bicyclic) bond motifs is 1. The Hall–Kier alpha value is -3.93. The number of benzene rings is 3. The second-order valence-corrected chi connectivity index (χ2v) is 6.49. The van der Waals surface area contributed by atoms with Crippen molar-refractivity contribution in [3.05, 3.63) is 83.4 Å². The largest absolute Gasteiger partial charge is 0.488 e. The molecule has 0 aliphatic carbocycles. The average Bonchev–Trinajstić information content (AvgIpc) is 3.06. The van der Waals surface area contributed by atoms with E-state index in [-0.39, 0.29) is 0 Å². The molecule has 0 bridgehead atoms. The summed E-state index contributed by atoms with van der Waals surface area (Å²) in [6, 6.07) is 19.6. The minimum Gasteiger partial charge on any atom is -0.488 e. The molecular formula is C23H17NO5. The average molecular weight is 387 g/mol. The topological polar surface area (TPSA) is 81.7 Å². The van der Waals surface area contributed by atoms with Crippen LogP contribution in [0.3, 0.4) is 0 Å². The minimum atomic E-state index is -0.677. The number of carbonyl (C=O) groups is 3. The van der Waals surface area contributed by atoms with Gasteiger partial charge in [-0.1, -0.05) is 42.5 Å². The molecule has 3 aromatic rings. The summed E-state index contributed by atoms with van der Waals surface area (Å²) in [6.07, 6.45) is 0. The number of carbonyl (C=O) groups excluding carboxylic acids is 3. The van der Waals surface area contributed by atoms with Crippen LogP contribution in [0.4, 0.5) is 5.69 Å². The Morgan fingerprint density at radius 2 is 1.66 bits per heavy atom. The van der Waals surface area contributed by atoms with Gasteiger partial charge in [0.25, 0.3) is 11.7 Å². The van der Waals surface area contributed by atoms with Crippen molar-refractivity contribution in [3.8, 4) is 16.9 Å². The number of amides is 1. The van der Waals surface area contributed by atoms with Crippen LogP contribution in [0.25, 0.3) is 11.1 Å². The number of rotatable bonds is 5. The molecule has 0 unspecified atom stereocenters. The van der Waals surface area contributed by atoms with Crippen molar-refractivity contribution in [3.63, 3.8) is 0 Å². The molecule has 0 spiro atoms. The highest BCUT2D eigenvalue weighted by Crippen LogP contribution is 2.40. The van der Waals surface area contributed by atoms with Gasteiger partial charge in [-0.25, -0.2) is 4.79 Å². The highest BCUT2D eigenvalue weighted by atomic mass is 16.5. The van der Waals surface area contributed by atoms with Gasteiger partial charge >= 0.3 is 5.97 Å². The lowest BCUT2D eigenvalue weighted by Gasteiger charge is -2.15. The van der Waals surface area contributed by atoms with Crippen molar-refractivity contribution < 1.29 is 23.9 Å². The van der Waals surface area contributed by atoms with Crippen LogP contribution in [0.1, 0.15) is 26.3 Å². The Balaban J connectivity index is 1.79. The van der Waals surface area contributed by atoms with Crippen LogP contribution in [-0.4, -0.2) is 24.8 Å². The molecule has 0 saturated carbocycles. The monoisotopic (exact) mass is 387 g/mol. The molecule has 1 aliphatic rings. The highest BCUT2D eigenvalue weighted by Gasteiger charge is 2.30. The maximum Gasteiger partial charge on any atom is 0.337 e. The molecule has 6 nitrogen and oxygen atoms in total. The normalized spacial score (nSPS) is 12.3. The maximum absolute atomic E-state index is 12.1. The molecule has 0 radical (unpaired) electrons. The second-order valence-electron chi connectivity index (χ2n) is 6.49. The number of para-hydroxylation sites is 1. The van der Waals surface area contributed by atoms with Crippen molar-refractivity contribution in [2.24, 2.45) is 0 Å². The zero-order chi connectivity index (χ0) is 20.4. The summed E-state index contributed by atoms with van der Waals surface area (Å²) in [6.45, 7) is 0.325. The van der Waals surface area contributed by atoms with Gasteiger partial charge in [0, 0.05) is 11.1 Å². The van der Waals surface area contributed by atoms with E-state index in [0.717, 1.165) is 5.56 Å². The first kappa shape index (κ1) is 18.4. The zero-order valence-corrected chi connectivity index (χ0v) is 15.6. The fraction of sp³-hybridized carbons (Fsp3) is 0.0870. The highest BCUT2D eigenvalue weighted by molar-refractivity contribution is 6.52. The summed E-state index contributed by atoms with van der Waals surface area (Å²) in [4.78, 5) is 36.0. The van der Waals surface area contributed by atoms with E-state index in [2.05, 4.69) is 5.32 Å². The van der Waals surface area contributed by atoms with Crippen molar-refractivity contribution >= 4 is 23.3 Å². The molecule has 144 valence electrons. The van der Waals surface area contributed by atoms with Crippen LogP contribution in [0.2, 0.25) is 0 Å². The molecule has 6 heteroatoms. The molecule has 1 amide bonds. The van der Waals surface area contributed by atoms with Gasteiger partial charge in [0.2, 0.25) is 0 Å². The van der Waals surface area contributed by atoms with E-state index in [1.54, 1.807) is 36.4 Å². The standard InChI is InChI=1S/C23H17NO5/c1-28-23(27)15-10-11-19(29-13-14-6-3-2-4-7-14)18(12-15)16-8-5-9-17-20(16)24-22(26)21(17)25/h2-12H,13H2,1H3,(H,24,25,26). The maximum atomic E-state index is 12.1. The summed E-state index contributed by atoms with van der Waals surface area (Å²) in [7, 11) is 1.31. The number of methoxy groups -OCH3 is 1. The third kappa shape index (κ3) is 3.48. The Bertz CT molecular complexity index is 1120. The smallest absolute Gasteiger partial charge is 0.337 e. The summed E-state index contributed by atoms with van der Waals surface area (Å²) >= 11 is 0. The summed E-state index contributed by atoms with van der Waals surface area (Å²) in [5, 5.41) is 2.62. The fourth-order valence-corrected chi connectivity index (χ4v) is 3.24. The number of ketones is 1. The van der Waals surface area contributed by atoms with Gasteiger partial charge in [0.15, 0.2) is 0 Å². The second kappa shape index (κ2) is 7.59. The van der Waals surface area contributed by atoms with E-state index in [4.69, 9.17) is 9.47 Å². The molecule has 1 N–H and O–H groups in total. The number of hydrogen-bond donors (Lipinski definition) is 1. The molecule has 0 fully saturated rings. The molecule has 0 aromatic heterocycles. The predicted octanol–water partition coefficient (Wildman–Crippen LogP) is 3.85. The first-order chi connectivity index (χ1) is 14.1. The quantitative estimate of drug-likeness (QED) is 0.531. The van der Waals surface area contributed by atoms with Crippen LogP contribution in [0.5, 0.6) is 5.75 Å². The molecule has 3 aromatic carbocycles. The van der Waals surface area contributed by atoms with E-state index < -0.39 is 17.7 Å². The van der Waals surface area contributed by atoms with Crippen molar-refractivity contribution in [2.45, 2.75) is 6.61 Å². The Morgan fingerprint density at radius 1 is 0.897 bits per heavy atom. The summed E-state index contributed by atoms with van der Waals surface area (Å²) in [5.41, 5.74) is 3.20. The SMILES string of the molecule is COC(=O)c1ccc(OCc2ccccc2)c(-c2cccc3c2NC(=O)C3=O)c1. The van der Waals surface area contributed by atoms with Gasteiger partial charge < -0.3 is 14.8 Å². The molecule has 1 heterocycles. The molecule has 0 saturated heterocycles. The lowest BCUT2D eigenvalue weighted by Crippen LogP contribution is -2.12. The van der Waals surface area contributed by atoms with Gasteiger partial charge in [-0.15, -0.1) is 0 Å².